The molecule has 1 atom stereocenters. The molecule has 2 aromatic rings. The van der Waals surface area contributed by atoms with Crippen molar-refractivity contribution in [1.82, 2.24) is 15.5 Å². The van der Waals surface area contributed by atoms with Gasteiger partial charge in [-0.15, -0.1) is 11.3 Å². The number of aromatic nitrogens is 2. The van der Waals surface area contributed by atoms with Gasteiger partial charge in [0.25, 0.3) is 0 Å². The summed E-state index contributed by atoms with van der Waals surface area (Å²) in [6.07, 6.45) is 1.34. The van der Waals surface area contributed by atoms with E-state index < -0.39 is 0 Å². The number of halogens is 1. The molecule has 1 unspecified atom stereocenters. The molecule has 0 saturated carbocycles. The number of nitrogens with zero attached hydrogens (tertiary/aromatic N) is 2. The Hall–Kier alpha value is -0.720. The third-order valence-electron chi connectivity index (χ3n) is 2.01. The quantitative estimate of drug-likeness (QED) is 0.940. The molecule has 0 spiro atoms. The average molecular weight is 288 g/mol. The SMILES string of the molecule is CC(NCc1ncon1)c1sccc1Br. The van der Waals surface area contributed by atoms with E-state index in [0.29, 0.717) is 12.4 Å². The van der Waals surface area contributed by atoms with Crippen molar-refractivity contribution in [3.63, 3.8) is 0 Å². The third-order valence-corrected chi connectivity index (χ3v) is 4.06. The molecule has 0 fully saturated rings. The van der Waals surface area contributed by atoms with Gasteiger partial charge >= 0.3 is 0 Å². The van der Waals surface area contributed by atoms with Gasteiger partial charge in [0.05, 0.1) is 6.54 Å². The van der Waals surface area contributed by atoms with Gasteiger partial charge in [-0.1, -0.05) is 5.16 Å². The normalized spacial score (nSPS) is 12.9. The molecule has 2 aromatic heterocycles. The standard InChI is InChI=1S/C9H10BrN3OS/c1-6(9-7(10)2-3-15-9)11-4-8-12-5-14-13-8/h2-3,5-6,11H,4H2,1H3. The van der Waals surface area contributed by atoms with E-state index in [1.165, 1.54) is 11.3 Å². The highest BCUT2D eigenvalue weighted by atomic mass is 79.9. The number of thiophene rings is 1. The van der Waals surface area contributed by atoms with Gasteiger partial charge in [-0.3, -0.25) is 0 Å². The Morgan fingerprint density at radius 2 is 2.53 bits per heavy atom. The fraction of sp³-hybridized carbons (Fsp3) is 0.333. The van der Waals surface area contributed by atoms with E-state index in [2.05, 4.69) is 48.2 Å². The van der Waals surface area contributed by atoms with E-state index in [1.54, 1.807) is 11.3 Å². The Labute approximate surface area is 99.8 Å². The van der Waals surface area contributed by atoms with E-state index in [4.69, 9.17) is 0 Å². The topological polar surface area (TPSA) is 51.0 Å². The first kappa shape index (κ1) is 10.8. The summed E-state index contributed by atoms with van der Waals surface area (Å²) in [6.45, 7) is 2.72. The molecule has 2 rings (SSSR count). The zero-order valence-corrected chi connectivity index (χ0v) is 10.5. The van der Waals surface area contributed by atoms with Crippen molar-refractivity contribution < 1.29 is 4.52 Å². The zero-order chi connectivity index (χ0) is 10.7. The minimum atomic E-state index is 0.276. The van der Waals surface area contributed by atoms with Crippen LogP contribution in [0.1, 0.15) is 23.7 Å². The van der Waals surface area contributed by atoms with E-state index >= 15 is 0 Å². The molecular weight excluding hydrogens is 278 g/mol. The van der Waals surface area contributed by atoms with Crippen LogP contribution in [0.2, 0.25) is 0 Å². The minimum absolute atomic E-state index is 0.276. The zero-order valence-electron chi connectivity index (χ0n) is 8.11. The molecule has 1 N–H and O–H groups in total. The van der Waals surface area contributed by atoms with Crippen LogP contribution in [0.4, 0.5) is 0 Å². The van der Waals surface area contributed by atoms with Gasteiger partial charge in [-0.2, -0.15) is 4.98 Å². The maximum atomic E-state index is 4.65. The van der Waals surface area contributed by atoms with Gasteiger partial charge in [-0.05, 0) is 34.3 Å². The Morgan fingerprint density at radius 3 is 3.13 bits per heavy atom. The molecule has 0 aliphatic heterocycles. The molecule has 0 aromatic carbocycles. The molecule has 0 aliphatic rings. The monoisotopic (exact) mass is 287 g/mol. The lowest BCUT2D eigenvalue weighted by atomic mass is 10.3. The first-order valence-electron chi connectivity index (χ1n) is 4.49. The molecule has 0 saturated heterocycles. The van der Waals surface area contributed by atoms with E-state index in [9.17, 15) is 0 Å². The van der Waals surface area contributed by atoms with Gasteiger partial charge in [0.1, 0.15) is 0 Å². The minimum Gasteiger partial charge on any atom is -0.343 e. The van der Waals surface area contributed by atoms with Crippen molar-refractivity contribution in [2.24, 2.45) is 0 Å². The molecule has 80 valence electrons. The predicted molar refractivity (Wildman–Crippen MR) is 61.6 cm³/mol. The summed E-state index contributed by atoms with van der Waals surface area (Å²) in [7, 11) is 0. The summed E-state index contributed by atoms with van der Waals surface area (Å²) in [5.41, 5.74) is 0. The lowest BCUT2D eigenvalue weighted by Crippen LogP contribution is -2.18. The average Bonchev–Trinajstić information content (AvgIpc) is 2.84. The largest absolute Gasteiger partial charge is 0.343 e. The first-order chi connectivity index (χ1) is 7.27. The van der Waals surface area contributed by atoms with Crippen LogP contribution in [0.3, 0.4) is 0 Å². The van der Waals surface area contributed by atoms with Gasteiger partial charge < -0.3 is 9.84 Å². The molecule has 0 aliphatic carbocycles. The van der Waals surface area contributed by atoms with Crippen LogP contribution in [-0.4, -0.2) is 10.1 Å². The summed E-state index contributed by atoms with van der Waals surface area (Å²) < 4.78 is 5.79. The highest BCUT2D eigenvalue weighted by Gasteiger charge is 2.10. The molecule has 15 heavy (non-hydrogen) atoms. The van der Waals surface area contributed by atoms with Crippen molar-refractivity contribution in [2.75, 3.05) is 0 Å². The fourth-order valence-corrected chi connectivity index (χ4v) is 2.97. The summed E-state index contributed by atoms with van der Waals surface area (Å²) in [5, 5.41) is 9.12. The second-order valence-electron chi connectivity index (χ2n) is 3.08. The van der Waals surface area contributed by atoms with Crippen molar-refractivity contribution in [3.8, 4) is 0 Å². The Kier molecular flexibility index (Phi) is 3.50. The maximum Gasteiger partial charge on any atom is 0.213 e. The number of nitrogens with one attached hydrogen (secondary N) is 1. The van der Waals surface area contributed by atoms with Crippen LogP contribution in [0.15, 0.2) is 26.8 Å². The van der Waals surface area contributed by atoms with Gasteiger partial charge in [0.2, 0.25) is 6.39 Å². The Balaban J connectivity index is 1.93. The molecule has 0 amide bonds. The number of rotatable bonds is 4. The summed E-state index contributed by atoms with van der Waals surface area (Å²) in [5.74, 6) is 0.675. The van der Waals surface area contributed by atoms with Crippen LogP contribution < -0.4 is 5.32 Å². The first-order valence-corrected chi connectivity index (χ1v) is 6.16. The number of hydrogen-bond donors (Lipinski definition) is 1. The molecule has 6 heteroatoms. The van der Waals surface area contributed by atoms with E-state index in [-0.39, 0.29) is 6.04 Å². The Bertz CT molecular complexity index is 415. The van der Waals surface area contributed by atoms with Crippen LogP contribution in [0.25, 0.3) is 0 Å². The second-order valence-corrected chi connectivity index (χ2v) is 4.88. The molecule has 0 bridgehead atoms. The van der Waals surface area contributed by atoms with Crippen LogP contribution in [0, 0.1) is 0 Å². The third kappa shape index (κ3) is 2.64. The lowest BCUT2D eigenvalue weighted by molar-refractivity contribution is 0.405. The van der Waals surface area contributed by atoms with Crippen LogP contribution >= 0.6 is 27.3 Å². The summed E-state index contributed by atoms with van der Waals surface area (Å²) in [4.78, 5) is 5.22. The van der Waals surface area contributed by atoms with Crippen LogP contribution in [-0.2, 0) is 6.54 Å². The molecule has 0 radical (unpaired) electrons. The molecular formula is C9H10BrN3OS. The lowest BCUT2D eigenvalue weighted by Gasteiger charge is -2.10. The van der Waals surface area contributed by atoms with Crippen molar-refractivity contribution in [3.05, 3.63) is 33.0 Å². The van der Waals surface area contributed by atoms with Crippen molar-refractivity contribution in [1.29, 1.82) is 0 Å². The van der Waals surface area contributed by atoms with Crippen LogP contribution in [0.5, 0.6) is 0 Å². The smallest absolute Gasteiger partial charge is 0.213 e. The molecule has 4 nitrogen and oxygen atoms in total. The van der Waals surface area contributed by atoms with E-state index in [0.717, 1.165) is 4.47 Å². The predicted octanol–water partition coefficient (Wildman–Crippen LogP) is 2.74. The Morgan fingerprint density at radius 1 is 1.67 bits per heavy atom. The van der Waals surface area contributed by atoms with Crippen molar-refractivity contribution >= 4 is 27.3 Å². The summed E-state index contributed by atoms with van der Waals surface area (Å²) >= 11 is 5.23. The van der Waals surface area contributed by atoms with Crippen molar-refractivity contribution in [2.45, 2.75) is 19.5 Å². The van der Waals surface area contributed by atoms with Gasteiger partial charge in [0, 0.05) is 15.4 Å². The maximum absolute atomic E-state index is 4.65. The number of hydrogen-bond acceptors (Lipinski definition) is 5. The second kappa shape index (κ2) is 4.87. The highest BCUT2D eigenvalue weighted by molar-refractivity contribution is 9.10. The fourth-order valence-electron chi connectivity index (χ4n) is 1.22. The van der Waals surface area contributed by atoms with Gasteiger partial charge in [-0.25, -0.2) is 0 Å². The summed E-state index contributed by atoms with van der Waals surface area (Å²) in [6, 6.07) is 2.32. The van der Waals surface area contributed by atoms with Gasteiger partial charge in [0.15, 0.2) is 5.82 Å². The molecule has 2 heterocycles. The van der Waals surface area contributed by atoms with E-state index in [1.807, 2.05) is 6.07 Å². The highest BCUT2D eigenvalue weighted by Crippen LogP contribution is 2.28.